The lowest BCUT2D eigenvalue weighted by Gasteiger charge is -2.30. The van der Waals surface area contributed by atoms with Crippen LogP contribution in [0.25, 0.3) is 0 Å². The van der Waals surface area contributed by atoms with Crippen LogP contribution in [0.3, 0.4) is 0 Å². The molecule has 1 aliphatic rings. The fraction of sp³-hybridized carbons (Fsp3) is 0.417. The van der Waals surface area contributed by atoms with E-state index in [-0.39, 0.29) is 5.91 Å². The Bertz CT molecular complexity index is 594. The van der Waals surface area contributed by atoms with Crippen LogP contribution in [0, 0.1) is 6.92 Å². The van der Waals surface area contributed by atoms with Crippen molar-refractivity contribution in [3.8, 4) is 0 Å². The molecule has 19 heavy (non-hydrogen) atoms. The maximum absolute atomic E-state index is 12.0. The smallest absolute Gasteiger partial charge is 0.301 e. The molecule has 1 aromatic rings. The Morgan fingerprint density at radius 2 is 2.00 bits per heavy atom. The van der Waals surface area contributed by atoms with Crippen LogP contribution in [0.1, 0.15) is 22.3 Å². The lowest BCUT2D eigenvalue weighted by molar-refractivity contribution is 0.0964. The summed E-state index contributed by atoms with van der Waals surface area (Å²) in [7, 11) is -2.04. The molecule has 7 heteroatoms. The molecule has 2 rings (SSSR count). The van der Waals surface area contributed by atoms with E-state index in [1.807, 2.05) is 6.92 Å². The van der Waals surface area contributed by atoms with Gasteiger partial charge in [0.2, 0.25) is 0 Å². The van der Waals surface area contributed by atoms with Gasteiger partial charge in [-0.1, -0.05) is 11.6 Å². The van der Waals surface area contributed by atoms with Crippen molar-refractivity contribution < 1.29 is 13.2 Å². The molecule has 0 bridgehead atoms. The molecule has 1 aliphatic heterocycles. The minimum atomic E-state index is -3.55. The molecule has 1 aromatic carbocycles. The Balaban J connectivity index is 2.31. The lowest BCUT2D eigenvalue weighted by Crippen LogP contribution is -2.45. The van der Waals surface area contributed by atoms with Gasteiger partial charge in [-0.05, 0) is 25.5 Å². The van der Waals surface area contributed by atoms with Crippen LogP contribution in [0.5, 0.6) is 0 Å². The monoisotopic (exact) mass is 283 g/mol. The molecule has 6 nitrogen and oxygen atoms in total. The van der Waals surface area contributed by atoms with Gasteiger partial charge in [-0.25, -0.2) is 0 Å². The molecule has 104 valence electrons. The van der Waals surface area contributed by atoms with Gasteiger partial charge in [0.25, 0.3) is 5.91 Å². The number of anilines is 1. The number of benzene rings is 1. The van der Waals surface area contributed by atoms with Crippen molar-refractivity contribution in [2.75, 3.05) is 24.9 Å². The van der Waals surface area contributed by atoms with Crippen molar-refractivity contribution in [3.63, 3.8) is 0 Å². The molecule has 2 N–H and O–H groups in total. The molecule has 0 aromatic heterocycles. The standard InChI is InChI=1S/C12H17N3O3S/c1-9-4-5-11(10(8-9)12(16)13-2)14-19(17,18)15-6-3-7-15/h4-5,8,14H,3,6-7H2,1-2H3,(H,13,16). The number of nitrogens with one attached hydrogen (secondary N) is 2. The van der Waals surface area contributed by atoms with Crippen LogP contribution in [0.15, 0.2) is 18.2 Å². The summed E-state index contributed by atoms with van der Waals surface area (Å²) in [5.41, 5.74) is 1.52. The highest BCUT2D eigenvalue weighted by atomic mass is 32.2. The third kappa shape index (κ3) is 2.87. The fourth-order valence-corrected chi connectivity index (χ4v) is 3.12. The molecule has 1 fully saturated rings. The van der Waals surface area contributed by atoms with Crippen molar-refractivity contribution in [2.24, 2.45) is 0 Å². The van der Waals surface area contributed by atoms with Crippen molar-refractivity contribution in [3.05, 3.63) is 29.3 Å². The number of hydrogen-bond acceptors (Lipinski definition) is 3. The summed E-state index contributed by atoms with van der Waals surface area (Å²) in [5.74, 6) is -0.315. The number of amides is 1. The minimum absolute atomic E-state index is 0.303. The summed E-state index contributed by atoms with van der Waals surface area (Å²) in [4.78, 5) is 11.8. The van der Waals surface area contributed by atoms with E-state index in [1.165, 1.54) is 11.4 Å². The number of hydrogen-bond donors (Lipinski definition) is 2. The molecule has 0 radical (unpaired) electrons. The predicted molar refractivity (Wildman–Crippen MR) is 73.3 cm³/mol. The summed E-state index contributed by atoms with van der Waals surface area (Å²) in [6.45, 7) is 2.90. The first kappa shape index (κ1) is 13.8. The van der Waals surface area contributed by atoms with Gasteiger partial charge in [-0.2, -0.15) is 12.7 Å². The van der Waals surface area contributed by atoms with Crippen LogP contribution in [0.2, 0.25) is 0 Å². The summed E-state index contributed by atoms with van der Waals surface area (Å²) in [5, 5.41) is 2.50. The van der Waals surface area contributed by atoms with Crippen LogP contribution >= 0.6 is 0 Å². The van der Waals surface area contributed by atoms with Crippen molar-refractivity contribution in [1.82, 2.24) is 9.62 Å². The Morgan fingerprint density at radius 1 is 1.32 bits per heavy atom. The highest BCUT2D eigenvalue weighted by Crippen LogP contribution is 2.21. The van der Waals surface area contributed by atoms with Crippen molar-refractivity contribution in [2.45, 2.75) is 13.3 Å². The molecule has 0 unspecified atom stereocenters. The van der Waals surface area contributed by atoms with E-state index in [9.17, 15) is 13.2 Å². The SMILES string of the molecule is CNC(=O)c1cc(C)ccc1NS(=O)(=O)N1CCC1. The second-order valence-electron chi connectivity index (χ2n) is 4.49. The molecule has 1 amide bonds. The Hall–Kier alpha value is -1.60. The zero-order valence-corrected chi connectivity index (χ0v) is 11.8. The van der Waals surface area contributed by atoms with Crippen molar-refractivity contribution >= 4 is 21.8 Å². The van der Waals surface area contributed by atoms with Crippen LogP contribution in [-0.2, 0) is 10.2 Å². The van der Waals surface area contributed by atoms with E-state index in [0.29, 0.717) is 24.3 Å². The zero-order valence-electron chi connectivity index (χ0n) is 10.9. The molecule has 0 saturated carbocycles. The number of nitrogens with zero attached hydrogens (tertiary/aromatic N) is 1. The topological polar surface area (TPSA) is 78.5 Å². The van der Waals surface area contributed by atoms with Crippen molar-refractivity contribution in [1.29, 1.82) is 0 Å². The maximum atomic E-state index is 12.0. The van der Waals surface area contributed by atoms with E-state index < -0.39 is 10.2 Å². The molecule has 0 atom stereocenters. The number of aryl methyl sites for hydroxylation is 1. The Labute approximate surface area is 113 Å². The predicted octanol–water partition coefficient (Wildman–Crippen LogP) is 0.717. The van der Waals surface area contributed by atoms with Gasteiger partial charge in [0.15, 0.2) is 0 Å². The first-order valence-electron chi connectivity index (χ1n) is 6.04. The van der Waals surface area contributed by atoms with Crippen LogP contribution < -0.4 is 10.0 Å². The summed E-state index contributed by atoms with van der Waals surface area (Å²) < 4.78 is 27.8. The summed E-state index contributed by atoms with van der Waals surface area (Å²) >= 11 is 0. The largest absolute Gasteiger partial charge is 0.355 e. The molecule has 0 aliphatic carbocycles. The maximum Gasteiger partial charge on any atom is 0.301 e. The zero-order chi connectivity index (χ0) is 14.0. The lowest BCUT2D eigenvalue weighted by atomic mass is 10.1. The minimum Gasteiger partial charge on any atom is -0.355 e. The average Bonchev–Trinajstić information content (AvgIpc) is 2.27. The summed E-state index contributed by atoms with van der Waals surface area (Å²) in [6.07, 6.45) is 0.872. The second-order valence-corrected chi connectivity index (χ2v) is 6.16. The van der Waals surface area contributed by atoms with Crippen LogP contribution in [-0.4, -0.2) is 38.8 Å². The highest BCUT2D eigenvalue weighted by molar-refractivity contribution is 7.90. The van der Waals surface area contributed by atoms with Crippen LogP contribution in [0.4, 0.5) is 5.69 Å². The number of carbonyl (C=O) groups excluding carboxylic acids is 1. The average molecular weight is 283 g/mol. The third-order valence-corrected chi connectivity index (χ3v) is 4.56. The van der Waals surface area contributed by atoms with E-state index in [1.54, 1.807) is 18.2 Å². The van der Waals surface area contributed by atoms with Gasteiger partial charge in [0.05, 0.1) is 11.3 Å². The molecular formula is C12H17N3O3S. The van der Waals surface area contributed by atoms with Gasteiger partial charge in [-0.3, -0.25) is 9.52 Å². The van der Waals surface area contributed by atoms with E-state index >= 15 is 0 Å². The molecule has 1 saturated heterocycles. The van der Waals surface area contributed by atoms with E-state index in [2.05, 4.69) is 10.0 Å². The van der Waals surface area contributed by atoms with E-state index in [4.69, 9.17) is 0 Å². The van der Waals surface area contributed by atoms with Gasteiger partial charge in [0, 0.05) is 20.1 Å². The summed E-state index contributed by atoms with van der Waals surface area (Å²) in [6, 6.07) is 5.03. The Morgan fingerprint density at radius 3 is 2.53 bits per heavy atom. The van der Waals surface area contributed by atoms with E-state index in [0.717, 1.165) is 12.0 Å². The quantitative estimate of drug-likeness (QED) is 0.854. The third-order valence-electron chi connectivity index (χ3n) is 3.04. The normalized spacial score (nSPS) is 15.7. The Kier molecular flexibility index (Phi) is 3.77. The first-order valence-corrected chi connectivity index (χ1v) is 7.48. The van der Waals surface area contributed by atoms with Gasteiger partial charge in [0.1, 0.15) is 0 Å². The number of rotatable bonds is 4. The van der Waals surface area contributed by atoms with Gasteiger partial charge in [-0.15, -0.1) is 0 Å². The number of carbonyl (C=O) groups is 1. The molecule has 0 spiro atoms. The fourth-order valence-electron chi connectivity index (χ4n) is 1.80. The molecule has 1 heterocycles. The molecular weight excluding hydrogens is 266 g/mol. The van der Waals surface area contributed by atoms with Gasteiger partial charge >= 0.3 is 10.2 Å². The second kappa shape index (κ2) is 5.18. The van der Waals surface area contributed by atoms with Gasteiger partial charge < -0.3 is 5.32 Å². The first-order chi connectivity index (χ1) is 8.94. The highest BCUT2D eigenvalue weighted by Gasteiger charge is 2.28.